The molecule has 1 heterocycles. The van der Waals surface area contributed by atoms with Crippen molar-refractivity contribution in [1.29, 1.82) is 0 Å². The molecule has 0 spiro atoms. The van der Waals surface area contributed by atoms with E-state index in [4.69, 9.17) is 4.74 Å². The van der Waals surface area contributed by atoms with E-state index in [1.165, 1.54) is 23.4 Å². The first kappa shape index (κ1) is 19.5. The number of ketones is 1. The lowest BCUT2D eigenvalue weighted by molar-refractivity contribution is 0.101. The van der Waals surface area contributed by atoms with Crippen molar-refractivity contribution in [3.63, 3.8) is 0 Å². The van der Waals surface area contributed by atoms with Gasteiger partial charge >= 0.3 is 0 Å². The lowest BCUT2D eigenvalue weighted by atomic mass is 10.1. The molecule has 2 aromatic rings. The van der Waals surface area contributed by atoms with Gasteiger partial charge in [-0.25, -0.2) is 8.42 Å². The first-order chi connectivity index (χ1) is 12.9. The van der Waals surface area contributed by atoms with Crippen molar-refractivity contribution in [2.75, 3.05) is 38.3 Å². The fourth-order valence-corrected chi connectivity index (χ4v) is 4.33. The molecular weight excluding hydrogens is 364 g/mol. The van der Waals surface area contributed by atoms with Gasteiger partial charge in [-0.1, -0.05) is 30.3 Å². The summed E-state index contributed by atoms with van der Waals surface area (Å²) in [6.07, 6.45) is 0. The molecule has 0 N–H and O–H groups in total. The number of nitrogens with zero attached hydrogens (tertiary/aromatic N) is 2. The normalized spacial score (nSPS) is 15.1. The first-order valence-electron chi connectivity index (χ1n) is 8.87. The molecule has 0 atom stereocenters. The topological polar surface area (TPSA) is 66.9 Å². The molecular formula is C20H24N2O4S. The fraction of sp³-hybridized carbons (Fsp3) is 0.350. The summed E-state index contributed by atoms with van der Waals surface area (Å²) >= 11 is 0. The van der Waals surface area contributed by atoms with Crippen molar-refractivity contribution in [2.24, 2.45) is 0 Å². The minimum Gasteiger partial charge on any atom is -0.378 e. The fourth-order valence-electron chi connectivity index (χ4n) is 3.14. The molecule has 2 aromatic carbocycles. The highest BCUT2D eigenvalue weighted by molar-refractivity contribution is 7.89. The van der Waals surface area contributed by atoms with Crippen LogP contribution in [-0.2, 0) is 21.3 Å². The van der Waals surface area contributed by atoms with Gasteiger partial charge < -0.3 is 9.64 Å². The van der Waals surface area contributed by atoms with Gasteiger partial charge in [0.1, 0.15) is 0 Å². The zero-order valence-electron chi connectivity index (χ0n) is 15.6. The molecule has 6 nitrogen and oxygen atoms in total. The number of para-hydroxylation sites is 1. The Balaban J connectivity index is 1.85. The Labute approximate surface area is 160 Å². The Morgan fingerprint density at radius 3 is 2.52 bits per heavy atom. The number of benzene rings is 2. The quantitative estimate of drug-likeness (QED) is 0.712. The zero-order valence-corrected chi connectivity index (χ0v) is 16.4. The largest absolute Gasteiger partial charge is 0.378 e. The maximum atomic E-state index is 13.0. The maximum absolute atomic E-state index is 13.0. The number of rotatable bonds is 6. The number of sulfonamides is 1. The molecule has 0 saturated carbocycles. The summed E-state index contributed by atoms with van der Waals surface area (Å²) in [6, 6.07) is 14.0. The summed E-state index contributed by atoms with van der Waals surface area (Å²) < 4.78 is 32.7. The van der Waals surface area contributed by atoms with E-state index < -0.39 is 10.0 Å². The van der Waals surface area contributed by atoms with Crippen molar-refractivity contribution in [3.05, 3.63) is 59.7 Å². The highest BCUT2D eigenvalue weighted by Crippen LogP contribution is 2.25. The highest BCUT2D eigenvalue weighted by atomic mass is 32.2. The van der Waals surface area contributed by atoms with E-state index >= 15 is 0 Å². The van der Waals surface area contributed by atoms with E-state index in [1.54, 1.807) is 19.2 Å². The van der Waals surface area contributed by atoms with Crippen LogP contribution in [0.5, 0.6) is 0 Å². The lowest BCUT2D eigenvalue weighted by Gasteiger charge is -2.31. The third kappa shape index (κ3) is 4.37. The summed E-state index contributed by atoms with van der Waals surface area (Å²) in [6.45, 7) is 4.58. The minimum absolute atomic E-state index is 0.126. The van der Waals surface area contributed by atoms with Crippen molar-refractivity contribution in [1.82, 2.24) is 4.31 Å². The molecule has 1 aliphatic heterocycles. The van der Waals surface area contributed by atoms with Crippen molar-refractivity contribution >= 4 is 21.5 Å². The number of ether oxygens (including phenoxy) is 1. The SMILES string of the molecule is CC(=O)c1cccc(S(=O)(=O)N(C)Cc2ccccc2N2CCOCC2)c1. The van der Waals surface area contributed by atoms with Crippen LogP contribution in [0.1, 0.15) is 22.8 Å². The van der Waals surface area contributed by atoms with Crippen LogP contribution in [0.4, 0.5) is 5.69 Å². The molecule has 0 radical (unpaired) electrons. The van der Waals surface area contributed by atoms with Crippen molar-refractivity contribution < 1.29 is 17.9 Å². The monoisotopic (exact) mass is 388 g/mol. The van der Waals surface area contributed by atoms with Gasteiger partial charge in [-0.15, -0.1) is 0 Å². The summed E-state index contributed by atoms with van der Waals surface area (Å²) in [5.41, 5.74) is 2.35. The van der Waals surface area contributed by atoms with E-state index in [9.17, 15) is 13.2 Å². The average Bonchev–Trinajstić information content (AvgIpc) is 2.69. The Morgan fingerprint density at radius 1 is 1.11 bits per heavy atom. The van der Waals surface area contributed by atoms with E-state index in [0.717, 1.165) is 24.3 Å². The van der Waals surface area contributed by atoms with E-state index in [2.05, 4.69) is 4.90 Å². The molecule has 27 heavy (non-hydrogen) atoms. The van der Waals surface area contributed by atoms with Crippen LogP contribution in [-0.4, -0.2) is 51.9 Å². The number of carbonyl (C=O) groups excluding carboxylic acids is 1. The molecule has 1 fully saturated rings. The molecule has 0 bridgehead atoms. The summed E-state index contributed by atoms with van der Waals surface area (Å²) in [5.74, 6) is -0.160. The van der Waals surface area contributed by atoms with Gasteiger partial charge in [0, 0.05) is 37.9 Å². The first-order valence-corrected chi connectivity index (χ1v) is 10.3. The van der Waals surface area contributed by atoms with Gasteiger partial charge in [-0.05, 0) is 30.7 Å². The van der Waals surface area contributed by atoms with Crippen LogP contribution in [0.2, 0.25) is 0 Å². The Morgan fingerprint density at radius 2 is 1.81 bits per heavy atom. The smallest absolute Gasteiger partial charge is 0.243 e. The molecule has 0 aliphatic carbocycles. The van der Waals surface area contributed by atoms with E-state index in [-0.39, 0.29) is 17.2 Å². The number of carbonyl (C=O) groups is 1. The van der Waals surface area contributed by atoms with E-state index in [0.29, 0.717) is 18.8 Å². The second kappa shape index (κ2) is 8.21. The zero-order chi connectivity index (χ0) is 19.4. The number of anilines is 1. The number of hydrogen-bond acceptors (Lipinski definition) is 5. The van der Waals surface area contributed by atoms with Crippen molar-refractivity contribution in [3.8, 4) is 0 Å². The van der Waals surface area contributed by atoms with Gasteiger partial charge in [-0.3, -0.25) is 4.79 Å². The van der Waals surface area contributed by atoms with Gasteiger partial charge in [0.15, 0.2) is 5.78 Å². The van der Waals surface area contributed by atoms with Gasteiger partial charge in [0.25, 0.3) is 0 Å². The van der Waals surface area contributed by atoms with Crippen LogP contribution in [0.3, 0.4) is 0 Å². The van der Waals surface area contributed by atoms with Crippen LogP contribution >= 0.6 is 0 Å². The molecule has 0 aromatic heterocycles. The van der Waals surface area contributed by atoms with Crippen LogP contribution in [0, 0.1) is 0 Å². The predicted molar refractivity (Wildman–Crippen MR) is 105 cm³/mol. The molecule has 0 unspecified atom stereocenters. The average molecular weight is 388 g/mol. The minimum atomic E-state index is -3.70. The number of morpholine rings is 1. The molecule has 1 aliphatic rings. The third-order valence-electron chi connectivity index (χ3n) is 4.69. The number of hydrogen-bond donors (Lipinski definition) is 0. The molecule has 144 valence electrons. The second-order valence-corrected chi connectivity index (χ2v) is 8.62. The standard InChI is InChI=1S/C20H24N2O4S/c1-16(23)17-7-5-8-19(14-17)27(24,25)21(2)15-18-6-3-4-9-20(18)22-10-12-26-13-11-22/h3-9,14H,10-13,15H2,1-2H3. The summed E-state index contributed by atoms with van der Waals surface area (Å²) in [5, 5.41) is 0. The summed E-state index contributed by atoms with van der Waals surface area (Å²) in [4.78, 5) is 13.9. The van der Waals surface area contributed by atoms with E-state index in [1.807, 2.05) is 24.3 Å². The van der Waals surface area contributed by atoms with Gasteiger partial charge in [0.05, 0.1) is 18.1 Å². The molecule has 1 saturated heterocycles. The highest BCUT2D eigenvalue weighted by Gasteiger charge is 2.23. The van der Waals surface area contributed by atoms with Crippen LogP contribution in [0.15, 0.2) is 53.4 Å². The molecule has 0 amide bonds. The Hall–Kier alpha value is -2.22. The second-order valence-electron chi connectivity index (χ2n) is 6.57. The van der Waals surface area contributed by atoms with Gasteiger partial charge in [0.2, 0.25) is 10.0 Å². The van der Waals surface area contributed by atoms with Crippen LogP contribution < -0.4 is 4.90 Å². The third-order valence-corrected chi connectivity index (χ3v) is 6.48. The predicted octanol–water partition coefficient (Wildman–Crippen LogP) is 2.55. The maximum Gasteiger partial charge on any atom is 0.243 e. The Bertz CT molecular complexity index is 921. The Kier molecular flexibility index (Phi) is 5.94. The number of Topliss-reactive ketones (excluding diaryl/α,β-unsaturated/α-hetero) is 1. The van der Waals surface area contributed by atoms with Crippen LogP contribution in [0.25, 0.3) is 0 Å². The molecule has 7 heteroatoms. The van der Waals surface area contributed by atoms with Crippen molar-refractivity contribution in [2.45, 2.75) is 18.4 Å². The van der Waals surface area contributed by atoms with Gasteiger partial charge in [-0.2, -0.15) is 4.31 Å². The lowest BCUT2D eigenvalue weighted by Crippen LogP contribution is -2.37. The molecule has 3 rings (SSSR count). The summed E-state index contributed by atoms with van der Waals surface area (Å²) in [7, 11) is -2.14.